The minimum Gasteiger partial charge on any atom is -0.497 e. The van der Waals surface area contributed by atoms with Gasteiger partial charge in [-0.1, -0.05) is 23.7 Å². The quantitative estimate of drug-likeness (QED) is 0.516. The largest absolute Gasteiger partial charge is 0.497 e. The van der Waals surface area contributed by atoms with Crippen molar-refractivity contribution in [2.45, 2.75) is 17.8 Å². The molecular formula is C21H23ClN2O6. The first-order valence-corrected chi connectivity index (χ1v) is 9.69. The number of aliphatic hydroxyl groups is 2. The highest BCUT2D eigenvalue weighted by Gasteiger charge is 2.48. The molecule has 0 aromatic heterocycles. The zero-order valence-corrected chi connectivity index (χ0v) is 17.1. The van der Waals surface area contributed by atoms with E-state index in [-0.39, 0.29) is 19.7 Å². The SMILES string of the molecule is COc1ccc(C(=O)NCC2(O)CO[C@H](CNC(=O)c3ccccc3Cl)C2O)cc1. The van der Waals surface area contributed by atoms with Crippen LogP contribution in [-0.2, 0) is 4.74 Å². The van der Waals surface area contributed by atoms with Gasteiger partial charge in [0.2, 0.25) is 0 Å². The molecule has 160 valence electrons. The maximum absolute atomic E-state index is 12.3. The number of halogens is 1. The Bertz CT molecular complexity index is 907. The average Bonchev–Trinajstić information content (AvgIpc) is 3.05. The highest BCUT2D eigenvalue weighted by Crippen LogP contribution is 2.24. The smallest absolute Gasteiger partial charge is 0.252 e. The molecule has 4 N–H and O–H groups in total. The Morgan fingerprint density at radius 2 is 1.87 bits per heavy atom. The van der Waals surface area contributed by atoms with E-state index in [1.165, 1.54) is 7.11 Å². The van der Waals surface area contributed by atoms with Gasteiger partial charge in [0, 0.05) is 12.1 Å². The minimum absolute atomic E-state index is 0.0278. The second-order valence-electron chi connectivity index (χ2n) is 7.00. The molecule has 1 heterocycles. The van der Waals surface area contributed by atoms with E-state index in [1.54, 1.807) is 48.5 Å². The number of carbonyl (C=O) groups excluding carboxylic acids is 2. The fraction of sp³-hybridized carbons (Fsp3) is 0.333. The molecule has 1 aliphatic rings. The molecular weight excluding hydrogens is 412 g/mol. The van der Waals surface area contributed by atoms with Gasteiger partial charge in [0.1, 0.15) is 23.6 Å². The van der Waals surface area contributed by atoms with E-state index >= 15 is 0 Å². The third-order valence-electron chi connectivity index (χ3n) is 4.94. The van der Waals surface area contributed by atoms with Crippen LogP contribution in [0.5, 0.6) is 5.75 Å². The van der Waals surface area contributed by atoms with E-state index in [1.807, 2.05) is 0 Å². The van der Waals surface area contributed by atoms with Crippen LogP contribution in [0.15, 0.2) is 48.5 Å². The molecule has 3 rings (SSSR count). The normalized spacial score (nSPS) is 23.1. The number of ether oxygens (including phenoxy) is 2. The summed E-state index contributed by atoms with van der Waals surface area (Å²) in [6, 6.07) is 13.1. The lowest BCUT2D eigenvalue weighted by molar-refractivity contribution is -0.0464. The van der Waals surface area contributed by atoms with Crippen molar-refractivity contribution in [1.29, 1.82) is 0 Å². The second kappa shape index (κ2) is 9.44. The van der Waals surface area contributed by atoms with Crippen molar-refractivity contribution in [1.82, 2.24) is 10.6 Å². The van der Waals surface area contributed by atoms with E-state index < -0.39 is 29.6 Å². The van der Waals surface area contributed by atoms with Gasteiger partial charge in [-0.05, 0) is 36.4 Å². The Kier molecular flexibility index (Phi) is 6.94. The van der Waals surface area contributed by atoms with Crippen molar-refractivity contribution < 1.29 is 29.3 Å². The zero-order chi connectivity index (χ0) is 21.7. The molecule has 0 spiro atoms. The maximum atomic E-state index is 12.3. The van der Waals surface area contributed by atoms with Crippen molar-refractivity contribution in [3.05, 3.63) is 64.7 Å². The molecule has 2 aromatic carbocycles. The van der Waals surface area contributed by atoms with Crippen molar-refractivity contribution >= 4 is 23.4 Å². The van der Waals surface area contributed by atoms with Crippen LogP contribution in [0.25, 0.3) is 0 Å². The molecule has 0 bridgehead atoms. The summed E-state index contributed by atoms with van der Waals surface area (Å²) < 4.78 is 10.5. The monoisotopic (exact) mass is 434 g/mol. The van der Waals surface area contributed by atoms with E-state index in [0.717, 1.165) is 0 Å². The lowest BCUT2D eigenvalue weighted by Gasteiger charge is -2.26. The van der Waals surface area contributed by atoms with Crippen LogP contribution in [0.1, 0.15) is 20.7 Å². The Labute approximate surface area is 178 Å². The molecule has 8 nitrogen and oxygen atoms in total. The number of amides is 2. The van der Waals surface area contributed by atoms with Gasteiger partial charge in [-0.3, -0.25) is 9.59 Å². The number of carbonyl (C=O) groups is 2. The number of rotatable bonds is 7. The summed E-state index contributed by atoms with van der Waals surface area (Å²) in [4.78, 5) is 24.5. The van der Waals surface area contributed by atoms with E-state index in [9.17, 15) is 19.8 Å². The first-order valence-electron chi connectivity index (χ1n) is 9.31. The fourth-order valence-corrected chi connectivity index (χ4v) is 3.33. The van der Waals surface area contributed by atoms with Crippen molar-refractivity contribution in [2.24, 2.45) is 0 Å². The summed E-state index contributed by atoms with van der Waals surface area (Å²) in [7, 11) is 1.53. The highest BCUT2D eigenvalue weighted by atomic mass is 35.5. The molecule has 1 fully saturated rings. The first-order chi connectivity index (χ1) is 14.3. The number of aliphatic hydroxyl groups excluding tert-OH is 1. The molecule has 0 saturated carbocycles. The topological polar surface area (TPSA) is 117 Å². The van der Waals surface area contributed by atoms with Gasteiger partial charge in [-0.15, -0.1) is 0 Å². The van der Waals surface area contributed by atoms with Gasteiger partial charge in [-0.25, -0.2) is 0 Å². The zero-order valence-electron chi connectivity index (χ0n) is 16.3. The molecule has 2 unspecified atom stereocenters. The predicted octanol–water partition coefficient (Wildman–Crippen LogP) is 0.999. The molecule has 1 saturated heterocycles. The van der Waals surface area contributed by atoms with Gasteiger partial charge in [0.15, 0.2) is 0 Å². The highest BCUT2D eigenvalue weighted by molar-refractivity contribution is 6.33. The lowest BCUT2D eigenvalue weighted by Crippen LogP contribution is -2.53. The summed E-state index contributed by atoms with van der Waals surface area (Å²) in [5, 5.41) is 26.7. The Morgan fingerprint density at radius 1 is 1.17 bits per heavy atom. The van der Waals surface area contributed by atoms with Gasteiger partial charge in [0.05, 0.1) is 30.8 Å². The van der Waals surface area contributed by atoms with Crippen LogP contribution in [0.3, 0.4) is 0 Å². The Morgan fingerprint density at radius 3 is 2.53 bits per heavy atom. The number of methoxy groups -OCH3 is 1. The van der Waals surface area contributed by atoms with Gasteiger partial charge in [0.25, 0.3) is 11.8 Å². The number of nitrogens with one attached hydrogen (secondary N) is 2. The lowest BCUT2D eigenvalue weighted by atomic mass is 9.96. The minimum atomic E-state index is -1.68. The van der Waals surface area contributed by atoms with Crippen molar-refractivity contribution in [3.8, 4) is 5.75 Å². The van der Waals surface area contributed by atoms with Crippen molar-refractivity contribution in [2.75, 3.05) is 26.8 Å². The van der Waals surface area contributed by atoms with Crippen LogP contribution in [0.4, 0.5) is 0 Å². The van der Waals surface area contributed by atoms with E-state index in [4.69, 9.17) is 21.1 Å². The second-order valence-corrected chi connectivity index (χ2v) is 7.41. The first kappa shape index (κ1) is 22.0. The molecule has 0 aliphatic carbocycles. The summed E-state index contributed by atoms with van der Waals surface area (Å²) in [6.07, 6.45) is -2.14. The third-order valence-corrected chi connectivity index (χ3v) is 5.27. The van der Waals surface area contributed by atoms with Crippen LogP contribution < -0.4 is 15.4 Å². The summed E-state index contributed by atoms with van der Waals surface area (Å²) in [6.45, 7) is -0.433. The Balaban J connectivity index is 1.53. The molecule has 2 amide bonds. The number of benzene rings is 2. The van der Waals surface area contributed by atoms with Crippen LogP contribution in [0, 0.1) is 0 Å². The molecule has 30 heavy (non-hydrogen) atoms. The van der Waals surface area contributed by atoms with Crippen molar-refractivity contribution in [3.63, 3.8) is 0 Å². The average molecular weight is 435 g/mol. The van der Waals surface area contributed by atoms with Crippen LogP contribution in [0.2, 0.25) is 5.02 Å². The fourth-order valence-electron chi connectivity index (χ4n) is 3.11. The molecule has 1 aliphatic heterocycles. The Hall–Kier alpha value is -2.65. The predicted molar refractivity (Wildman–Crippen MR) is 110 cm³/mol. The van der Waals surface area contributed by atoms with E-state index in [0.29, 0.717) is 21.9 Å². The maximum Gasteiger partial charge on any atom is 0.252 e. The number of hydrogen-bond donors (Lipinski definition) is 4. The molecule has 3 atom stereocenters. The van der Waals surface area contributed by atoms with Gasteiger partial charge < -0.3 is 30.3 Å². The third kappa shape index (κ3) is 4.91. The summed E-state index contributed by atoms with van der Waals surface area (Å²) in [5.74, 6) is -0.208. The number of hydrogen-bond acceptors (Lipinski definition) is 6. The van der Waals surface area contributed by atoms with Crippen LogP contribution in [-0.4, -0.2) is 66.6 Å². The standard InChI is InChI=1S/C21H23ClN2O6/c1-29-14-8-6-13(7-9-14)19(26)24-11-21(28)12-30-17(18(21)25)10-23-20(27)15-4-2-3-5-16(15)22/h2-9,17-18,25,28H,10-12H2,1H3,(H,23,27)(H,24,26)/t17-,18?,21?/m1/s1. The van der Waals surface area contributed by atoms with Gasteiger partial charge >= 0.3 is 0 Å². The molecule has 0 radical (unpaired) electrons. The summed E-state index contributed by atoms with van der Waals surface area (Å²) in [5.41, 5.74) is -0.993. The van der Waals surface area contributed by atoms with Crippen LogP contribution >= 0.6 is 11.6 Å². The summed E-state index contributed by atoms with van der Waals surface area (Å²) >= 11 is 6.00. The van der Waals surface area contributed by atoms with E-state index in [2.05, 4.69) is 10.6 Å². The van der Waals surface area contributed by atoms with Gasteiger partial charge in [-0.2, -0.15) is 0 Å². The molecule has 2 aromatic rings. The molecule has 9 heteroatoms.